The zero-order valence-electron chi connectivity index (χ0n) is 15.8. The number of para-hydroxylation sites is 2. The van der Waals surface area contributed by atoms with Crippen molar-refractivity contribution >= 4 is 55.0 Å². The van der Waals surface area contributed by atoms with Gasteiger partial charge in [-0.15, -0.1) is 0 Å². The largest absolute Gasteiger partial charge is 0.492 e. The second kappa shape index (κ2) is 8.54. The SMILES string of the molecule is CCOc1ccccc1N(C)S(=O)(=O)c1ccc2[nH]cc(C(=O)CI)c(=O)c2c1. The van der Waals surface area contributed by atoms with Crippen LogP contribution in [0.5, 0.6) is 5.75 Å². The maximum absolute atomic E-state index is 13.2. The third kappa shape index (κ3) is 4.01. The van der Waals surface area contributed by atoms with Crippen molar-refractivity contribution in [3.05, 3.63) is 64.4 Å². The highest BCUT2D eigenvalue weighted by Crippen LogP contribution is 2.31. The van der Waals surface area contributed by atoms with Crippen LogP contribution >= 0.6 is 22.6 Å². The van der Waals surface area contributed by atoms with Gasteiger partial charge in [0.15, 0.2) is 11.2 Å². The van der Waals surface area contributed by atoms with E-state index in [0.29, 0.717) is 23.6 Å². The number of carbonyl (C=O) groups excluding carboxylic acids is 1. The van der Waals surface area contributed by atoms with Crippen molar-refractivity contribution in [1.82, 2.24) is 4.98 Å². The summed E-state index contributed by atoms with van der Waals surface area (Å²) in [7, 11) is -2.54. The second-order valence-corrected chi connectivity index (χ2v) is 8.90. The Labute approximate surface area is 181 Å². The lowest BCUT2D eigenvalue weighted by molar-refractivity contribution is 0.102. The lowest BCUT2D eigenvalue weighted by atomic mass is 10.1. The van der Waals surface area contributed by atoms with Gasteiger partial charge in [0.1, 0.15) is 5.75 Å². The fourth-order valence-electron chi connectivity index (χ4n) is 2.92. The predicted molar refractivity (Wildman–Crippen MR) is 121 cm³/mol. The Morgan fingerprint density at radius 2 is 1.93 bits per heavy atom. The molecule has 3 aromatic rings. The number of nitrogens with one attached hydrogen (secondary N) is 1. The molecular weight excluding hydrogens is 507 g/mol. The Morgan fingerprint density at radius 1 is 1.21 bits per heavy atom. The highest BCUT2D eigenvalue weighted by molar-refractivity contribution is 14.1. The Kier molecular flexibility index (Phi) is 6.27. The summed E-state index contributed by atoms with van der Waals surface area (Å²) in [6.45, 7) is 2.21. The number of carbonyl (C=O) groups is 1. The fraction of sp³-hybridized carbons (Fsp3) is 0.200. The molecule has 1 aromatic heterocycles. The first kappa shape index (κ1) is 21.3. The number of rotatable bonds is 7. The number of aromatic nitrogens is 1. The van der Waals surface area contributed by atoms with Gasteiger partial charge < -0.3 is 9.72 Å². The van der Waals surface area contributed by atoms with Crippen molar-refractivity contribution in [1.29, 1.82) is 0 Å². The molecule has 0 spiro atoms. The van der Waals surface area contributed by atoms with Crippen molar-refractivity contribution in [2.45, 2.75) is 11.8 Å². The van der Waals surface area contributed by atoms with E-state index in [0.717, 1.165) is 4.31 Å². The molecule has 0 saturated carbocycles. The topological polar surface area (TPSA) is 96.5 Å². The van der Waals surface area contributed by atoms with Gasteiger partial charge >= 0.3 is 0 Å². The van der Waals surface area contributed by atoms with Crippen LogP contribution < -0.4 is 14.5 Å². The van der Waals surface area contributed by atoms with Gasteiger partial charge in [0.05, 0.1) is 27.2 Å². The smallest absolute Gasteiger partial charge is 0.264 e. The average molecular weight is 526 g/mol. The molecule has 152 valence electrons. The maximum Gasteiger partial charge on any atom is 0.264 e. The van der Waals surface area contributed by atoms with Crippen LogP contribution in [0.15, 0.2) is 58.4 Å². The molecule has 1 N–H and O–H groups in total. The highest BCUT2D eigenvalue weighted by atomic mass is 127. The minimum Gasteiger partial charge on any atom is -0.492 e. The lowest BCUT2D eigenvalue weighted by Gasteiger charge is -2.22. The molecule has 0 unspecified atom stereocenters. The minimum atomic E-state index is -3.97. The molecule has 9 heteroatoms. The number of nitrogens with zero attached hydrogens (tertiary/aromatic N) is 1. The van der Waals surface area contributed by atoms with E-state index in [4.69, 9.17) is 4.74 Å². The third-order valence-corrected chi connectivity index (χ3v) is 6.90. The summed E-state index contributed by atoms with van der Waals surface area (Å²) in [5, 5.41) is 0.147. The van der Waals surface area contributed by atoms with Gasteiger partial charge in [-0.2, -0.15) is 0 Å². The molecule has 2 aromatic carbocycles. The van der Waals surface area contributed by atoms with E-state index >= 15 is 0 Å². The van der Waals surface area contributed by atoms with E-state index in [1.54, 1.807) is 24.3 Å². The third-order valence-electron chi connectivity index (χ3n) is 4.44. The van der Waals surface area contributed by atoms with E-state index in [1.165, 1.54) is 31.4 Å². The van der Waals surface area contributed by atoms with Gasteiger partial charge in [-0.3, -0.25) is 13.9 Å². The van der Waals surface area contributed by atoms with Crippen LogP contribution in [-0.4, -0.2) is 37.3 Å². The second-order valence-electron chi connectivity index (χ2n) is 6.17. The number of hydrogen-bond donors (Lipinski definition) is 1. The first-order valence-electron chi connectivity index (χ1n) is 8.76. The summed E-state index contributed by atoms with van der Waals surface area (Å²) in [5.74, 6) is 0.124. The van der Waals surface area contributed by atoms with E-state index in [-0.39, 0.29) is 26.1 Å². The van der Waals surface area contributed by atoms with Gasteiger partial charge in [0.2, 0.25) is 0 Å². The number of anilines is 1. The number of Topliss-reactive ketones (excluding diaryl/α,β-unsaturated/α-hetero) is 1. The van der Waals surface area contributed by atoms with Gasteiger partial charge in [-0.1, -0.05) is 34.7 Å². The van der Waals surface area contributed by atoms with Crippen LogP contribution in [0.25, 0.3) is 10.9 Å². The zero-order valence-corrected chi connectivity index (χ0v) is 18.8. The molecule has 0 bridgehead atoms. The molecule has 3 rings (SSSR count). The molecule has 0 aliphatic rings. The van der Waals surface area contributed by atoms with Crippen molar-refractivity contribution in [3.8, 4) is 5.75 Å². The standard InChI is InChI=1S/C20H19IN2O5S/c1-3-28-19-7-5-4-6-17(19)23(2)29(26,27)13-8-9-16-14(10-13)20(25)15(12-22-16)18(24)11-21/h4-10,12H,3,11H2,1-2H3,(H,22,25). The number of pyridine rings is 1. The molecule has 0 saturated heterocycles. The number of ketones is 1. The molecular formula is C20H19IN2O5S. The Bertz CT molecular complexity index is 1240. The number of ether oxygens (including phenoxy) is 1. The molecule has 1 heterocycles. The number of sulfonamides is 1. The average Bonchev–Trinajstić information content (AvgIpc) is 2.73. The van der Waals surface area contributed by atoms with E-state index in [1.807, 2.05) is 29.5 Å². The van der Waals surface area contributed by atoms with Crippen LogP contribution in [0.4, 0.5) is 5.69 Å². The number of H-pyrrole nitrogens is 1. The molecule has 0 fully saturated rings. The number of fused-ring (bicyclic) bond motifs is 1. The van der Waals surface area contributed by atoms with Crippen LogP contribution in [0, 0.1) is 0 Å². The molecule has 7 nitrogen and oxygen atoms in total. The fourth-order valence-corrected chi connectivity index (χ4v) is 4.56. The first-order valence-corrected chi connectivity index (χ1v) is 11.7. The molecule has 0 radical (unpaired) electrons. The van der Waals surface area contributed by atoms with Crippen LogP contribution in [-0.2, 0) is 10.0 Å². The Balaban J connectivity index is 2.13. The minimum absolute atomic E-state index is 0.0106. The number of aromatic amines is 1. The van der Waals surface area contributed by atoms with Crippen LogP contribution in [0.1, 0.15) is 17.3 Å². The summed E-state index contributed by atoms with van der Waals surface area (Å²) in [6, 6.07) is 11.1. The van der Waals surface area contributed by atoms with Gasteiger partial charge in [0.25, 0.3) is 10.0 Å². The normalized spacial score (nSPS) is 11.4. The van der Waals surface area contributed by atoms with Gasteiger partial charge in [0, 0.05) is 24.1 Å². The lowest BCUT2D eigenvalue weighted by Crippen LogP contribution is -2.27. The van der Waals surface area contributed by atoms with Crippen molar-refractivity contribution in [3.63, 3.8) is 0 Å². The monoisotopic (exact) mass is 526 g/mol. The van der Waals surface area contributed by atoms with Gasteiger partial charge in [-0.05, 0) is 37.3 Å². The van der Waals surface area contributed by atoms with Crippen molar-refractivity contribution in [2.75, 3.05) is 22.4 Å². The van der Waals surface area contributed by atoms with Crippen molar-refractivity contribution in [2.24, 2.45) is 0 Å². The quantitative estimate of drug-likeness (QED) is 0.290. The summed E-state index contributed by atoms with van der Waals surface area (Å²) in [6.07, 6.45) is 1.37. The summed E-state index contributed by atoms with van der Waals surface area (Å²) in [5.41, 5.74) is 0.361. The maximum atomic E-state index is 13.2. The Hall–Kier alpha value is -2.40. The number of alkyl halides is 1. The van der Waals surface area contributed by atoms with E-state index < -0.39 is 15.5 Å². The molecule has 0 atom stereocenters. The molecule has 0 aliphatic heterocycles. The summed E-state index contributed by atoms with van der Waals surface area (Å²) < 4.78 is 33.2. The van der Waals surface area contributed by atoms with Crippen molar-refractivity contribution < 1.29 is 17.9 Å². The Morgan fingerprint density at radius 3 is 2.62 bits per heavy atom. The molecule has 0 aliphatic carbocycles. The zero-order chi connectivity index (χ0) is 21.2. The highest BCUT2D eigenvalue weighted by Gasteiger charge is 2.25. The van der Waals surface area contributed by atoms with E-state index in [2.05, 4.69) is 4.98 Å². The van der Waals surface area contributed by atoms with E-state index in [9.17, 15) is 18.0 Å². The first-order chi connectivity index (χ1) is 13.8. The van der Waals surface area contributed by atoms with Gasteiger partial charge in [-0.25, -0.2) is 8.42 Å². The molecule has 0 amide bonds. The predicted octanol–water partition coefficient (Wildman–Crippen LogP) is 3.37. The van der Waals surface area contributed by atoms with Crippen LogP contribution in [0.3, 0.4) is 0 Å². The summed E-state index contributed by atoms with van der Waals surface area (Å²) >= 11 is 1.88. The number of halogens is 1. The molecule has 29 heavy (non-hydrogen) atoms. The van der Waals surface area contributed by atoms with Crippen LogP contribution in [0.2, 0.25) is 0 Å². The summed E-state index contributed by atoms with van der Waals surface area (Å²) in [4.78, 5) is 27.5. The number of benzene rings is 2. The number of hydrogen-bond acceptors (Lipinski definition) is 5.